The molecule has 0 saturated carbocycles. The quantitative estimate of drug-likeness (QED) is 0.783. The maximum atomic E-state index is 3.38. The van der Waals surface area contributed by atoms with Gasteiger partial charge in [-0.3, -0.25) is 0 Å². The van der Waals surface area contributed by atoms with E-state index in [0.717, 1.165) is 18.8 Å². The van der Waals surface area contributed by atoms with Crippen molar-refractivity contribution in [1.82, 2.24) is 5.32 Å². The Hall–Kier alpha value is -1.25. The number of hydrogen-bond acceptors (Lipinski definition) is 2. The summed E-state index contributed by atoms with van der Waals surface area (Å²) in [6.45, 7) is 4.13. The number of hydrogen-bond donors (Lipinski definition) is 1. The van der Waals surface area contributed by atoms with Crippen LogP contribution in [-0.2, 0) is 25.1 Å². The van der Waals surface area contributed by atoms with Crippen LogP contribution in [0.25, 0.3) is 0 Å². The number of benzene rings is 2. The highest BCUT2D eigenvalue weighted by Gasteiger charge is 2.10. The van der Waals surface area contributed by atoms with Crippen molar-refractivity contribution in [1.29, 1.82) is 0 Å². The second-order valence-corrected chi connectivity index (χ2v) is 6.72. The van der Waals surface area contributed by atoms with Crippen molar-refractivity contribution in [3.8, 4) is 0 Å². The first kappa shape index (κ1) is 14.7. The minimum atomic E-state index is 0.962. The van der Waals surface area contributed by atoms with Crippen molar-refractivity contribution in [2.75, 3.05) is 6.54 Å². The molecule has 0 fully saturated rings. The van der Waals surface area contributed by atoms with Crippen LogP contribution in [0.3, 0.4) is 0 Å². The van der Waals surface area contributed by atoms with Gasteiger partial charge in [0, 0.05) is 17.2 Å². The lowest BCUT2D eigenvalue weighted by molar-refractivity contribution is 0.725. The molecule has 1 aliphatic rings. The van der Waals surface area contributed by atoms with E-state index in [-0.39, 0.29) is 0 Å². The molecule has 2 heteroatoms. The molecule has 21 heavy (non-hydrogen) atoms. The van der Waals surface area contributed by atoms with E-state index < -0.39 is 0 Å². The van der Waals surface area contributed by atoms with Crippen molar-refractivity contribution < 1.29 is 0 Å². The zero-order chi connectivity index (χ0) is 14.5. The molecule has 0 unspecified atom stereocenters. The fraction of sp³-hybridized carbons (Fsp3) is 0.368. The standard InChI is InChI=1S/C19H23NS/c1-2-20-13-15-5-3-8-19(12-15)21-14-16-9-10-17-6-4-7-18(17)11-16/h3,5,8-12,20H,2,4,6-7,13-14H2,1H3. The van der Waals surface area contributed by atoms with Gasteiger partial charge in [-0.15, -0.1) is 11.8 Å². The van der Waals surface area contributed by atoms with Gasteiger partial charge in [0.2, 0.25) is 0 Å². The number of nitrogens with one attached hydrogen (secondary N) is 1. The number of aryl methyl sites for hydroxylation is 2. The maximum Gasteiger partial charge on any atom is 0.0232 e. The van der Waals surface area contributed by atoms with Gasteiger partial charge < -0.3 is 5.32 Å². The third kappa shape index (κ3) is 3.90. The summed E-state index contributed by atoms with van der Waals surface area (Å²) in [5.74, 6) is 1.07. The highest BCUT2D eigenvalue weighted by Crippen LogP contribution is 2.27. The Morgan fingerprint density at radius 1 is 1.00 bits per heavy atom. The van der Waals surface area contributed by atoms with Gasteiger partial charge in [-0.1, -0.05) is 37.3 Å². The van der Waals surface area contributed by atoms with Crippen molar-refractivity contribution in [3.63, 3.8) is 0 Å². The Labute approximate surface area is 132 Å². The summed E-state index contributed by atoms with van der Waals surface area (Å²) < 4.78 is 0. The predicted octanol–water partition coefficient (Wildman–Crippen LogP) is 4.58. The van der Waals surface area contributed by atoms with Crippen molar-refractivity contribution in [2.24, 2.45) is 0 Å². The van der Waals surface area contributed by atoms with Gasteiger partial charge in [0.05, 0.1) is 0 Å². The molecule has 1 nitrogen and oxygen atoms in total. The van der Waals surface area contributed by atoms with Crippen LogP contribution in [0.2, 0.25) is 0 Å². The average molecular weight is 297 g/mol. The summed E-state index contributed by atoms with van der Waals surface area (Å²) in [7, 11) is 0. The normalized spacial score (nSPS) is 13.4. The molecule has 2 aromatic carbocycles. The molecular formula is C19H23NS. The molecule has 0 heterocycles. The van der Waals surface area contributed by atoms with E-state index in [1.807, 2.05) is 11.8 Å². The molecule has 2 aromatic rings. The van der Waals surface area contributed by atoms with E-state index in [1.165, 1.54) is 35.3 Å². The fourth-order valence-electron chi connectivity index (χ4n) is 2.90. The van der Waals surface area contributed by atoms with Crippen LogP contribution in [0.15, 0.2) is 47.4 Å². The molecule has 0 saturated heterocycles. The molecule has 0 aliphatic heterocycles. The fourth-order valence-corrected chi connectivity index (χ4v) is 3.82. The molecular weight excluding hydrogens is 274 g/mol. The summed E-state index contributed by atoms with van der Waals surface area (Å²) in [6.07, 6.45) is 3.87. The Bertz CT molecular complexity index is 606. The van der Waals surface area contributed by atoms with Crippen LogP contribution in [0.4, 0.5) is 0 Å². The molecule has 110 valence electrons. The van der Waals surface area contributed by atoms with Crippen LogP contribution in [0, 0.1) is 0 Å². The lowest BCUT2D eigenvalue weighted by Crippen LogP contribution is -2.11. The maximum absolute atomic E-state index is 3.38. The molecule has 0 radical (unpaired) electrons. The molecule has 0 aromatic heterocycles. The van der Waals surface area contributed by atoms with Gasteiger partial charge in [0.15, 0.2) is 0 Å². The third-order valence-corrected chi connectivity index (χ3v) is 5.11. The van der Waals surface area contributed by atoms with Crippen molar-refractivity contribution in [3.05, 3.63) is 64.7 Å². The first-order valence-corrected chi connectivity index (χ1v) is 8.87. The van der Waals surface area contributed by atoms with Gasteiger partial charge in [-0.2, -0.15) is 0 Å². The summed E-state index contributed by atoms with van der Waals surface area (Å²) >= 11 is 1.94. The van der Waals surface area contributed by atoms with Crippen LogP contribution in [-0.4, -0.2) is 6.54 Å². The lowest BCUT2D eigenvalue weighted by Gasteiger charge is -2.07. The van der Waals surface area contributed by atoms with E-state index >= 15 is 0 Å². The van der Waals surface area contributed by atoms with Crippen molar-refractivity contribution in [2.45, 2.75) is 43.4 Å². The Balaban J connectivity index is 1.62. The second kappa shape index (κ2) is 7.15. The molecule has 1 aliphatic carbocycles. The lowest BCUT2D eigenvalue weighted by atomic mass is 10.1. The van der Waals surface area contributed by atoms with Gasteiger partial charge in [-0.05, 0) is 60.2 Å². The minimum absolute atomic E-state index is 0.962. The predicted molar refractivity (Wildman–Crippen MR) is 91.9 cm³/mol. The number of thioether (sulfide) groups is 1. The zero-order valence-corrected chi connectivity index (χ0v) is 13.5. The van der Waals surface area contributed by atoms with Crippen LogP contribution >= 0.6 is 11.8 Å². The highest BCUT2D eigenvalue weighted by molar-refractivity contribution is 7.98. The Morgan fingerprint density at radius 3 is 2.81 bits per heavy atom. The van der Waals surface area contributed by atoms with E-state index in [0.29, 0.717) is 0 Å². The summed E-state index contributed by atoms with van der Waals surface area (Å²) in [6, 6.07) is 15.9. The molecule has 3 rings (SSSR count). The van der Waals surface area contributed by atoms with E-state index in [9.17, 15) is 0 Å². The Morgan fingerprint density at radius 2 is 1.90 bits per heavy atom. The molecule has 0 bridgehead atoms. The van der Waals surface area contributed by atoms with Gasteiger partial charge in [0.1, 0.15) is 0 Å². The average Bonchev–Trinajstić information content (AvgIpc) is 2.99. The van der Waals surface area contributed by atoms with E-state index in [2.05, 4.69) is 54.7 Å². The number of rotatable bonds is 6. The Kier molecular flexibility index (Phi) is 5.00. The molecule has 1 N–H and O–H groups in total. The van der Waals surface area contributed by atoms with E-state index in [4.69, 9.17) is 0 Å². The number of fused-ring (bicyclic) bond motifs is 1. The van der Waals surface area contributed by atoms with Crippen molar-refractivity contribution >= 4 is 11.8 Å². The van der Waals surface area contributed by atoms with E-state index in [1.54, 1.807) is 11.1 Å². The topological polar surface area (TPSA) is 12.0 Å². The van der Waals surface area contributed by atoms with Crippen LogP contribution in [0.1, 0.15) is 35.6 Å². The smallest absolute Gasteiger partial charge is 0.0232 e. The van der Waals surface area contributed by atoms with Crippen LogP contribution < -0.4 is 5.32 Å². The SMILES string of the molecule is CCNCc1cccc(SCc2ccc3c(c2)CCC3)c1. The third-order valence-electron chi connectivity index (χ3n) is 4.05. The van der Waals surface area contributed by atoms with Crippen LogP contribution in [0.5, 0.6) is 0 Å². The summed E-state index contributed by atoms with van der Waals surface area (Å²) in [5.41, 5.74) is 5.97. The molecule has 0 spiro atoms. The highest BCUT2D eigenvalue weighted by atomic mass is 32.2. The zero-order valence-electron chi connectivity index (χ0n) is 12.7. The second-order valence-electron chi connectivity index (χ2n) is 5.67. The van der Waals surface area contributed by atoms with Gasteiger partial charge in [0.25, 0.3) is 0 Å². The first-order valence-electron chi connectivity index (χ1n) is 7.88. The van der Waals surface area contributed by atoms with Gasteiger partial charge in [-0.25, -0.2) is 0 Å². The van der Waals surface area contributed by atoms with Gasteiger partial charge >= 0.3 is 0 Å². The molecule has 0 atom stereocenters. The largest absolute Gasteiger partial charge is 0.313 e. The summed E-state index contributed by atoms with van der Waals surface area (Å²) in [4.78, 5) is 1.37. The monoisotopic (exact) mass is 297 g/mol. The minimum Gasteiger partial charge on any atom is -0.313 e. The molecule has 0 amide bonds. The first-order chi connectivity index (χ1) is 10.3. The summed E-state index contributed by atoms with van der Waals surface area (Å²) in [5, 5.41) is 3.38.